The molecule has 110 valence electrons. The van der Waals surface area contributed by atoms with Crippen molar-refractivity contribution in [2.24, 2.45) is 5.92 Å². The normalized spacial score (nSPS) is 25.4. The van der Waals surface area contributed by atoms with E-state index in [0.717, 1.165) is 0 Å². The lowest BCUT2D eigenvalue weighted by Crippen LogP contribution is -2.47. The van der Waals surface area contributed by atoms with Gasteiger partial charge in [0, 0.05) is 1.43 Å². The standard InChI is InChI=1S/C14H23NO4.H2/c1-6-8-10-9-14(10,11(16)18-7-2)15-12(17)19-13(3,4)5;/h6,10H,1,7-9H2,2-5H3,(H,15,17);1H/t10-,14-;/m1./s1. The van der Waals surface area contributed by atoms with E-state index in [1.54, 1.807) is 33.8 Å². The minimum Gasteiger partial charge on any atom is -0.464 e. The minimum atomic E-state index is -0.938. The molecule has 0 aliphatic heterocycles. The summed E-state index contributed by atoms with van der Waals surface area (Å²) in [6.07, 6.45) is 2.38. The molecule has 1 rings (SSSR count). The first-order chi connectivity index (χ1) is 8.75. The molecule has 2 atom stereocenters. The van der Waals surface area contributed by atoms with Gasteiger partial charge < -0.3 is 14.8 Å². The van der Waals surface area contributed by atoms with Gasteiger partial charge in [-0.25, -0.2) is 9.59 Å². The van der Waals surface area contributed by atoms with E-state index in [1.165, 1.54) is 0 Å². The van der Waals surface area contributed by atoms with Gasteiger partial charge >= 0.3 is 12.1 Å². The summed E-state index contributed by atoms with van der Waals surface area (Å²) in [5.41, 5.74) is -1.53. The summed E-state index contributed by atoms with van der Waals surface area (Å²) in [7, 11) is 0. The summed E-state index contributed by atoms with van der Waals surface area (Å²) < 4.78 is 10.2. The highest BCUT2D eigenvalue weighted by Crippen LogP contribution is 2.47. The van der Waals surface area contributed by atoms with E-state index in [0.29, 0.717) is 12.8 Å². The van der Waals surface area contributed by atoms with Gasteiger partial charge in [-0.15, -0.1) is 6.58 Å². The van der Waals surface area contributed by atoms with Crippen LogP contribution in [0.4, 0.5) is 4.79 Å². The van der Waals surface area contributed by atoms with E-state index >= 15 is 0 Å². The predicted octanol–water partition coefficient (Wildman–Crippen LogP) is 2.66. The fourth-order valence-electron chi connectivity index (χ4n) is 2.02. The second kappa shape index (κ2) is 5.63. The molecule has 1 saturated carbocycles. The Labute approximate surface area is 115 Å². The molecule has 0 bridgehead atoms. The Bertz CT molecular complexity index is 378. The lowest BCUT2D eigenvalue weighted by atomic mass is 10.1. The van der Waals surface area contributed by atoms with Crippen LogP contribution in [-0.4, -0.2) is 29.8 Å². The molecule has 0 aromatic carbocycles. The Morgan fingerprint density at radius 2 is 2.16 bits per heavy atom. The molecule has 1 aliphatic carbocycles. The van der Waals surface area contributed by atoms with E-state index < -0.39 is 23.2 Å². The van der Waals surface area contributed by atoms with Gasteiger partial charge in [-0.2, -0.15) is 0 Å². The zero-order chi connectivity index (χ0) is 14.7. The van der Waals surface area contributed by atoms with Crippen LogP contribution in [0.15, 0.2) is 12.7 Å². The van der Waals surface area contributed by atoms with Crippen molar-refractivity contribution in [1.29, 1.82) is 0 Å². The molecule has 5 nitrogen and oxygen atoms in total. The summed E-state index contributed by atoms with van der Waals surface area (Å²) in [5.74, 6) is -0.357. The average Bonchev–Trinajstić information content (AvgIpc) is 2.90. The van der Waals surface area contributed by atoms with Crippen LogP contribution >= 0.6 is 0 Å². The topological polar surface area (TPSA) is 64.6 Å². The SMILES string of the molecule is C=CC[C@@H]1C[C@]1(NC(=O)OC(C)(C)C)C(=O)OCC.[HH]. The molecule has 1 N–H and O–H groups in total. The maximum absolute atomic E-state index is 12.0. The van der Waals surface area contributed by atoms with Gasteiger partial charge in [0.2, 0.25) is 0 Å². The maximum Gasteiger partial charge on any atom is 0.408 e. The Morgan fingerprint density at radius 1 is 1.53 bits per heavy atom. The Morgan fingerprint density at radius 3 is 2.63 bits per heavy atom. The van der Waals surface area contributed by atoms with Crippen molar-refractivity contribution >= 4 is 12.1 Å². The number of rotatable bonds is 5. The zero-order valence-electron chi connectivity index (χ0n) is 12.1. The van der Waals surface area contributed by atoms with Crippen molar-refractivity contribution in [2.75, 3.05) is 6.61 Å². The Hall–Kier alpha value is -1.52. The molecule has 0 aromatic heterocycles. The molecule has 0 aromatic rings. The van der Waals surface area contributed by atoms with Gasteiger partial charge in [0.1, 0.15) is 11.1 Å². The fraction of sp³-hybridized carbons (Fsp3) is 0.714. The number of amides is 1. The van der Waals surface area contributed by atoms with Crippen molar-refractivity contribution in [1.82, 2.24) is 5.32 Å². The van der Waals surface area contributed by atoms with Crippen molar-refractivity contribution in [3.05, 3.63) is 12.7 Å². The number of esters is 1. The van der Waals surface area contributed by atoms with Crippen LogP contribution in [0.2, 0.25) is 0 Å². The second-order valence-electron chi connectivity index (χ2n) is 5.74. The molecule has 0 saturated heterocycles. The van der Waals surface area contributed by atoms with E-state index in [4.69, 9.17) is 9.47 Å². The summed E-state index contributed by atoms with van der Waals surface area (Å²) in [6, 6.07) is 0. The lowest BCUT2D eigenvalue weighted by molar-refractivity contribution is -0.147. The summed E-state index contributed by atoms with van der Waals surface area (Å²) in [6.45, 7) is 11.0. The van der Waals surface area contributed by atoms with Crippen LogP contribution in [0.25, 0.3) is 0 Å². The molecule has 0 unspecified atom stereocenters. The molecule has 1 aliphatic rings. The highest BCUT2D eigenvalue weighted by molar-refractivity contribution is 5.89. The third-order valence-electron chi connectivity index (χ3n) is 2.92. The number of nitrogens with one attached hydrogen (secondary N) is 1. The van der Waals surface area contributed by atoms with Crippen LogP contribution in [0.1, 0.15) is 42.0 Å². The Kier molecular flexibility index (Phi) is 4.61. The molecule has 19 heavy (non-hydrogen) atoms. The summed E-state index contributed by atoms with van der Waals surface area (Å²) in [5, 5.41) is 2.66. The predicted molar refractivity (Wildman–Crippen MR) is 73.8 cm³/mol. The highest BCUT2D eigenvalue weighted by atomic mass is 16.6. The van der Waals surface area contributed by atoms with Crippen LogP contribution in [0, 0.1) is 5.92 Å². The highest BCUT2D eigenvalue weighted by Gasteiger charge is 2.62. The van der Waals surface area contributed by atoms with E-state index in [-0.39, 0.29) is 14.0 Å². The van der Waals surface area contributed by atoms with E-state index in [2.05, 4.69) is 11.9 Å². The fourth-order valence-corrected chi connectivity index (χ4v) is 2.02. The minimum absolute atomic E-state index is 0. The number of carbonyl (C=O) groups is 2. The van der Waals surface area contributed by atoms with Crippen molar-refractivity contribution in [3.8, 4) is 0 Å². The van der Waals surface area contributed by atoms with Gasteiger partial charge in [-0.1, -0.05) is 6.08 Å². The molecule has 5 heteroatoms. The number of alkyl carbamates (subject to hydrolysis) is 1. The van der Waals surface area contributed by atoms with Crippen LogP contribution in [0.5, 0.6) is 0 Å². The summed E-state index contributed by atoms with van der Waals surface area (Å²) in [4.78, 5) is 23.8. The molecule has 0 heterocycles. The first kappa shape index (κ1) is 15.5. The molecule has 1 amide bonds. The third kappa shape index (κ3) is 3.98. The van der Waals surface area contributed by atoms with Gasteiger partial charge in [0.15, 0.2) is 0 Å². The van der Waals surface area contributed by atoms with Gasteiger partial charge in [-0.05, 0) is 46.5 Å². The molecular weight excluding hydrogens is 246 g/mol. The number of allylic oxidation sites excluding steroid dienone is 1. The summed E-state index contributed by atoms with van der Waals surface area (Å²) >= 11 is 0. The zero-order valence-corrected chi connectivity index (χ0v) is 12.1. The number of ether oxygens (including phenoxy) is 2. The molecular formula is C14H25NO4. The second-order valence-corrected chi connectivity index (χ2v) is 5.74. The van der Waals surface area contributed by atoms with Crippen LogP contribution < -0.4 is 5.32 Å². The average molecular weight is 271 g/mol. The van der Waals surface area contributed by atoms with Crippen molar-refractivity contribution in [2.45, 2.75) is 51.7 Å². The van der Waals surface area contributed by atoms with E-state index in [9.17, 15) is 9.59 Å². The first-order valence-corrected chi connectivity index (χ1v) is 6.54. The maximum atomic E-state index is 12.0. The first-order valence-electron chi connectivity index (χ1n) is 6.54. The smallest absolute Gasteiger partial charge is 0.408 e. The van der Waals surface area contributed by atoms with Gasteiger partial charge in [-0.3, -0.25) is 0 Å². The largest absolute Gasteiger partial charge is 0.464 e. The van der Waals surface area contributed by atoms with Crippen molar-refractivity contribution < 1.29 is 20.5 Å². The number of hydrogen-bond acceptors (Lipinski definition) is 4. The van der Waals surface area contributed by atoms with Gasteiger partial charge in [0.05, 0.1) is 6.61 Å². The van der Waals surface area contributed by atoms with Crippen LogP contribution in [0.3, 0.4) is 0 Å². The Balaban J connectivity index is 0.00000361. The van der Waals surface area contributed by atoms with Crippen LogP contribution in [-0.2, 0) is 14.3 Å². The van der Waals surface area contributed by atoms with Crippen molar-refractivity contribution in [3.63, 3.8) is 0 Å². The lowest BCUT2D eigenvalue weighted by Gasteiger charge is -2.23. The monoisotopic (exact) mass is 271 g/mol. The van der Waals surface area contributed by atoms with Gasteiger partial charge in [0.25, 0.3) is 0 Å². The molecule has 0 spiro atoms. The number of hydrogen-bond donors (Lipinski definition) is 1. The molecule has 1 fully saturated rings. The third-order valence-corrected chi connectivity index (χ3v) is 2.92. The quantitative estimate of drug-likeness (QED) is 0.616. The molecule has 0 radical (unpaired) electrons. The number of carbonyl (C=O) groups excluding carboxylic acids is 2. The van der Waals surface area contributed by atoms with E-state index in [1.807, 2.05) is 0 Å².